The molecule has 0 saturated carbocycles. The summed E-state index contributed by atoms with van der Waals surface area (Å²) in [5.41, 5.74) is 3.11. The second-order valence-corrected chi connectivity index (χ2v) is 7.08. The highest BCUT2D eigenvalue weighted by molar-refractivity contribution is 8.18. The summed E-state index contributed by atoms with van der Waals surface area (Å²) in [6, 6.07) is 10.9. The molecule has 0 spiro atoms. The molecule has 0 unspecified atom stereocenters. The van der Waals surface area contributed by atoms with E-state index in [1.807, 2.05) is 18.2 Å². The minimum atomic E-state index is -0.214. The van der Waals surface area contributed by atoms with Crippen LogP contribution in [0, 0.1) is 0 Å². The Balaban J connectivity index is 1.64. The van der Waals surface area contributed by atoms with E-state index in [-0.39, 0.29) is 5.91 Å². The molecule has 0 radical (unpaired) electrons. The zero-order valence-corrected chi connectivity index (χ0v) is 14.9. The third kappa shape index (κ3) is 3.28. The van der Waals surface area contributed by atoms with Crippen molar-refractivity contribution in [3.05, 3.63) is 63.2 Å². The van der Waals surface area contributed by atoms with E-state index in [2.05, 4.69) is 20.3 Å². The average molecular weight is 389 g/mol. The molecule has 4 rings (SSSR count). The number of amides is 1. The van der Waals surface area contributed by atoms with Crippen LogP contribution in [0.2, 0.25) is 10.0 Å². The number of imidazole rings is 1. The molecule has 1 aliphatic rings. The van der Waals surface area contributed by atoms with Crippen LogP contribution < -0.4 is 5.32 Å². The Morgan fingerprint density at radius 3 is 2.76 bits per heavy atom. The second kappa shape index (κ2) is 6.55. The lowest BCUT2D eigenvalue weighted by Gasteiger charge is -2.01. The van der Waals surface area contributed by atoms with Gasteiger partial charge < -0.3 is 10.3 Å². The summed E-state index contributed by atoms with van der Waals surface area (Å²) in [5, 5.41) is 4.02. The number of rotatable bonds is 2. The molecule has 2 aromatic carbocycles. The highest BCUT2D eigenvalue weighted by atomic mass is 35.5. The Morgan fingerprint density at radius 1 is 1.16 bits per heavy atom. The van der Waals surface area contributed by atoms with Crippen LogP contribution in [0.25, 0.3) is 17.1 Å². The first-order chi connectivity index (χ1) is 12.1. The van der Waals surface area contributed by atoms with Gasteiger partial charge in [0.1, 0.15) is 5.69 Å². The lowest BCUT2D eigenvalue weighted by atomic mass is 10.2. The molecule has 0 bridgehead atoms. The monoisotopic (exact) mass is 388 g/mol. The van der Waals surface area contributed by atoms with Crippen molar-refractivity contribution in [1.29, 1.82) is 0 Å². The molecule has 1 aliphatic heterocycles. The van der Waals surface area contributed by atoms with Gasteiger partial charge >= 0.3 is 0 Å². The van der Waals surface area contributed by atoms with Crippen molar-refractivity contribution in [2.45, 2.75) is 0 Å². The standard InChI is InChI=1S/C17H10Cl2N4OS/c18-10-2-1-3-11(19)15(10)22-17-23-16(24)14(25-17)7-9-4-5-12-13(6-9)21-8-20-12/h1-8H,(H,20,21)(H,22,23,24)/b14-7-. The van der Waals surface area contributed by atoms with Gasteiger partial charge in [0.2, 0.25) is 0 Å². The number of aliphatic imine (C=N–C) groups is 1. The molecule has 3 aromatic rings. The molecule has 2 heterocycles. The van der Waals surface area contributed by atoms with Crippen LogP contribution in [0.4, 0.5) is 5.69 Å². The van der Waals surface area contributed by atoms with Crippen LogP contribution in [-0.4, -0.2) is 21.0 Å². The summed E-state index contributed by atoms with van der Waals surface area (Å²) in [6.45, 7) is 0. The Hall–Kier alpha value is -2.28. The number of hydrogen-bond acceptors (Lipinski definition) is 4. The van der Waals surface area contributed by atoms with Crippen molar-refractivity contribution in [1.82, 2.24) is 15.3 Å². The lowest BCUT2D eigenvalue weighted by Crippen LogP contribution is -2.19. The maximum Gasteiger partial charge on any atom is 0.264 e. The molecular formula is C17H10Cl2N4OS. The number of H-pyrrole nitrogens is 1. The SMILES string of the molecule is O=C1N/C(=N/c2c(Cl)cccc2Cl)S/C1=C\c1ccc2[nH]cnc2c1. The highest BCUT2D eigenvalue weighted by Crippen LogP contribution is 2.35. The fourth-order valence-corrected chi connectivity index (χ4v) is 3.68. The van der Waals surface area contributed by atoms with Gasteiger partial charge in [-0.1, -0.05) is 35.3 Å². The zero-order valence-electron chi connectivity index (χ0n) is 12.6. The van der Waals surface area contributed by atoms with Gasteiger partial charge in [-0.05, 0) is 47.7 Å². The summed E-state index contributed by atoms with van der Waals surface area (Å²) < 4.78 is 0. The molecule has 2 N–H and O–H groups in total. The van der Waals surface area contributed by atoms with Gasteiger partial charge in [0.25, 0.3) is 5.91 Å². The van der Waals surface area contributed by atoms with Crippen molar-refractivity contribution in [3.63, 3.8) is 0 Å². The molecular weight excluding hydrogens is 379 g/mol. The van der Waals surface area contributed by atoms with Gasteiger partial charge in [-0.2, -0.15) is 0 Å². The predicted octanol–water partition coefficient (Wildman–Crippen LogP) is 4.76. The van der Waals surface area contributed by atoms with Crippen molar-refractivity contribution >= 4 is 68.8 Å². The first-order valence-electron chi connectivity index (χ1n) is 7.27. The van der Waals surface area contributed by atoms with Gasteiger partial charge in [0, 0.05) is 0 Å². The van der Waals surface area contributed by atoms with Crippen LogP contribution in [0.1, 0.15) is 5.56 Å². The van der Waals surface area contributed by atoms with E-state index in [0.717, 1.165) is 16.6 Å². The van der Waals surface area contributed by atoms with Gasteiger partial charge in [-0.3, -0.25) is 4.79 Å². The number of benzene rings is 2. The van der Waals surface area contributed by atoms with Gasteiger partial charge in [-0.15, -0.1) is 0 Å². The third-order valence-electron chi connectivity index (χ3n) is 3.55. The van der Waals surface area contributed by atoms with Crippen molar-refractivity contribution in [3.8, 4) is 0 Å². The van der Waals surface area contributed by atoms with Crippen LogP contribution in [-0.2, 0) is 4.79 Å². The molecule has 8 heteroatoms. The zero-order chi connectivity index (χ0) is 17.4. The van der Waals surface area contributed by atoms with Crippen molar-refractivity contribution < 1.29 is 4.79 Å². The molecule has 0 aliphatic carbocycles. The van der Waals surface area contributed by atoms with Crippen molar-refractivity contribution in [2.75, 3.05) is 0 Å². The van der Waals surface area contributed by atoms with E-state index in [9.17, 15) is 4.79 Å². The Morgan fingerprint density at radius 2 is 1.96 bits per heavy atom. The van der Waals surface area contributed by atoms with Crippen molar-refractivity contribution in [2.24, 2.45) is 4.99 Å². The number of nitrogens with zero attached hydrogens (tertiary/aromatic N) is 2. The van der Waals surface area contributed by atoms with Gasteiger partial charge in [0.15, 0.2) is 5.17 Å². The normalized spacial score (nSPS) is 17.6. The average Bonchev–Trinajstić information content (AvgIpc) is 3.18. The molecule has 1 fully saturated rings. The second-order valence-electron chi connectivity index (χ2n) is 5.23. The summed E-state index contributed by atoms with van der Waals surface area (Å²) >= 11 is 13.5. The highest BCUT2D eigenvalue weighted by Gasteiger charge is 2.24. The Bertz CT molecular complexity index is 1040. The van der Waals surface area contributed by atoms with Gasteiger partial charge in [0.05, 0.1) is 32.3 Å². The summed E-state index contributed by atoms with van der Waals surface area (Å²) in [6.07, 6.45) is 3.43. The number of fused-ring (bicyclic) bond motifs is 1. The number of carbonyl (C=O) groups is 1. The number of para-hydroxylation sites is 1. The molecule has 25 heavy (non-hydrogen) atoms. The lowest BCUT2D eigenvalue weighted by molar-refractivity contribution is -0.115. The number of aromatic amines is 1. The molecule has 1 aromatic heterocycles. The Kier molecular flexibility index (Phi) is 4.25. The molecule has 1 amide bonds. The van der Waals surface area contributed by atoms with E-state index in [4.69, 9.17) is 23.2 Å². The summed E-state index contributed by atoms with van der Waals surface area (Å²) in [5.74, 6) is -0.214. The number of amidine groups is 1. The first kappa shape index (κ1) is 16.2. The number of hydrogen-bond donors (Lipinski definition) is 2. The molecule has 124 valence electrons. The van der Waals surface area contributed by atoms with E-state index in [0.29, 0.717) is 25.8 Å². The number of thioether (sulfide) groups is 1. The molecule has 5 nitrogen and oxygen atoms in total. The third-order valence-corrected chi connectivity index (χ3v) is 5.06. The van der Waals surface area contributed by atoms with Crippen LogP contribution >= 0.6 is 35.0 Å². The van der Waals surface area contributed by atoms with E-state index < -0.39 is 0 Å². The van der Waals surface area contributed by atoms with Gasteiger partial charge in [-0.25, -0.2) is 9.98 Å². The van der Waals surface area contributed by atoms with E-state index >= 15 is 0 Å². The summed E-state index contributed by atoms with van der Waals surface area (Å²) in [4.78, 5) is 24.4. The number of halogens is 2. The topological polar surface area (TPSA) is 70.1 Å². The molecule has 0 atom stereocenters. The fraction of sp³-hybridized carbons (Fsp3) is 0. The molecule has 1 saturated heterocycles. The van der Waals surface area contributed by atoms with Crippen LogP contribution in [0.15, 0.2) is 52.6 Å². The van der Waals surface area contributed by atoms with E-state index in [1.165, 1.54) is 11.8 Å². The Labute approximate surface area is 157 Å². The van der Waals surface area contributed by atoms with E-state index in [1.54, 1.807) is 30.6 Å². The van der Waals surface area contributed by atoms with Crippen LogP contribution in [0.3, 0.4) is 0 Å². The maximum absolute atomic E-state index is 12.2. The minimum absolute atomic E-state index is 0.214. The number of carbonyl (C=O) groups excluding carboxylic acids is 1. The quantitative estimate of drug-likeness (QED) is 0.621. The summed E-state index contributed by atoms with van der Waals surface area (Å²) in [7, 11) is 0. The number of nitrogens with one attached hydrogen (secondary N) is 2. The fourth-order valence-electron chi connectivity index (χ4n) is 2.37. The largest absolute Gasteiger partial charge is 0.345 e. The predicted molar refractivity (Wildman–Crippen MR) is 103 cm³/mol. The number of aromatic nitrogens is 2. The van der Waals surface area contributed by atoms with Crippen LogP contribution in [0.5, 0.6) is 0 Å². The first-order valence-corrected chi connectivity index (χ1v) is 8.84. The smallest absolute Gasteiger partial charge is 0.264 e. The maximum atomic E-state index is 12.2. The minimum Gasteiger partial charge on any atom is -0.345 e.